The number of hydrogen-bond donors (Lipinski definition) is 4. The van der Waals surface area contributed by atoms with Gasteiger partial charge in [-0.2, -0.15) is 0 Å². The summed E-state index contributed by atoms with van der Waals surface area (Å²) in [6.07, 6.45) is 9.98. The predicted molar refractivity (Wildman–Crippen MR) is 152 cm³/mol. The zero-order valence-corrected chi connectivity index (χ0v) is 25.1. The van der Waals surface area contributed by atoms with Gasteiger partial charge >= 0.3 is 0 Å². The molecule has 1 aliphatic heterocycles. The molecule has 0 aromatic rings. The highest BCUT2D eigenvalue weighted by Crippen LogP contribution is 2.67. The topological polar surface area (TPSA) is 99.4 Å². The molecule has 3 saturated carbocycles. The summed E-state index contributed by atoms with van der Waals surface area (Å²) in [4.78, 5) is 0. The molecule has 13 atom stereocenters. The lowest BCUT2D eigenvalue weighted by Crippen LogP contribution is -2.60. The van der Waals surface area contributed by atoms with E-state index in [1.165, 1.54) is 56.9 Å². The van der Waals surface area contributed by atoms with Crippen LogP contribution in [0.5, 0.6) is 0 Å². The Morgan fingerprint density at radius 2 is 1.72 bits per heavy atom. The van der Waals surface area contributed by atoms with Gasteiger partial charge in [-0.15, -0.1) is 0 Å². The van der Waals surface area contributed by atoms with Gasteiger partial charge in [-0.1, -0.05) is 65.5 Å². The Labute approximate surface area is 236 Å². The second-order valence-electron chi connectivity index (χ2n) is 15.0. The van der Waals surface area contributed by atoms with E-state index in [2.05, 4.69) is 40.7 Å². The van der Waals surface area contributed by atoms with Crippen molar-refractivity contribution in [2.24, 2.45) is 46.3 Å². The largest absolute Gasteiger partial charge is 0.394 e. The number of ether oxygens (including phenoxy) is 2. The first-order valence-electron chi connectivity index (χ1n) is 16.1. The highest BCUT2D eigenvalue weighted by Gasteiger charge is 2.59. The molecular formula is C33H56O6. The van der Waals surface area contributed by atoms with Crippen molar-refractivity contribution in [2.45, 2.75) is 142 Å². The van der Waals surface area contributed by atoms with Gasteiger partial charge in [0.15, 0.2) is 6.29 Å². The Kier molecular flexibility index (Phi) is 8.95. The smallest absolute Gasteiger partial charge is 0.186 e. The van der Waals surface area contributed by atoms with E-state index >= 15 is 0 Å². The lowest BCUT2D eigenvalue weighted by atomic mass is 9.47. The normalized spacial score (nSPS) is 48.7. The number of allylic oxidation sites excluding steroid dienone is 1. The van der Waals surface area contributed by atoms with E-state index in [0.717, 1.165) is 54.8 Å². The standard InChI is InChI=1S/C33H56O6/c1-19(2)7-6-8-20(3)24-11-12-25-23-10-9-21-17-22(13-15-32(21,4)26(23)14-16-33(24,25)5)38-31-30(37)29(36)28(35)27(18-34)39-31/h9,19-20,22-31,34-37H,6-8,10-18H2,1-5H3/t20-,22+,23+,24-,25+,26+,27-,28+,29+,30-,31-,32+,33-/m1/s1. The van der Waals surface area contributed by atoms with Crippen molar-refractivity contribution in [1.29, 1.82) is 0 Å². The van der Waals surface area contributed by atoms with E-state index in [1.807, 2.05) is 0 Å². The molecule has 0 radical (unpaired) electrons. The molecule has 5 aliphatic rings. The molecule has 39 heavy (non-hydrogen) atoms. The highest BCUT2D eigenvalue weighted by molar-refractivity contribution is 5.25. The monoisotopic (exact) mass is 548 g/mol. The van der Waals surface area contributed by atoms with Crippen LogP contribution in [0, 0.1) is 46.3 Å². The van der Waals surface area contributed by atoms with Crippen LogP contribution in [0.2, 0.25) is 0 Å². The average Bonchev–Trinajstić information content (AvgIpc) is 3.26. The third-order valence-corrected chi connectivity index (χ3v) is 12.4. The van der Waals surface area contributed by atoms with Crippen molar-refractivity contribution in [1.82, 2.24) is 0 Å². The summed E-state index contributed by atoms with van der Waals surface area (Å²) in [6, 6.07) is 0. The van der Waals surface area contributed by atoms with Crippen molar-refractivity contribution in [3.8, 4) is 0 Å². The van der Waals surface area contributed by atoms with E-state index in [-0.39, 0.29) is 11.5 Å². The first-order chi connectivity index (χ1) is 18.5. The van der Waals surface area contributed by atoms with Gasteiger partial charge in [-0.25, -0.2) is 0 Å². The maximum absolute atomic E-state index is 10.5. The second kappa shape index (κ2) is 11.6. The number of aliphatic hydroxyl groups is 4. The third-order valence-electron chi connectivity index (χ3n) is 12.4. The Balaban J connectivity index is 1.24. The van der Waals surface area contributed by atoms with Gasteiger partial charge in [0.25, 0.3) is 0 Å². The van der Waals surface area contributed by atoms with Gasteiger partial charge in [0, 0.05) is 0 Å². The zero-order chi connectivity index (χ0) is 28.1. The van der Waals surface area contributed by atoms with Crippen LogP contribution in [-0.2, 0) is 9.47 Å². The molecule has 1 saturated heterocycles. The van der Waals surface area contributed by atoms with E-state index in [0.29, 0.717) is 5.41 Å². The molecule has 224 valence electrons. The van der Waals surface area contributed by atoms with Crippen molar-refractivity contribution < 1.29 is 29.9 Å². The van der Waals surface area contributed by atoms with Crippen molar-refractivity contribution in [3.63, 3.8) is 0 Å². The molecule has 0 aromatic heterocycles. The molecule has 6 heteroatoms. The molecule has 1 heterocycles. The maximum atomic E-state index is 10.5. The molecule has 4 aliphatic carbocycles. The van der Waals surface area contributed by atoms with Gasteiger partial charge in [0.2, 0.25) is 0 Å². The van der Waals surface area contributed by atoms with E-state index in [4.69, 9.17) is 9.47 Å². The third kappa shape index (κ3) is 5.41. The number of fused-ring (bicyclic) bond motifs is 5. The lowest BCUT2D eigenvalue weighted by molar-refractivity contribution is -0.313. The van der Waals surface area contributed by atoms with Crippen molar-refractivity contribution >= 4 is 0 Å². The Morgan fingerprint density at radius 3 is 2.44 bits per heavy atom. The number of aliphatic hydroxyl groups excluding tert-OH is 4. The molecule has 0 bridgehead atoms. The Hall–Kier alpha value is -0.500. The molecule has 0 unspecified atom stereocenters. The second-order valence-corrected chi connectivity index (χ2v) is 15.0. The predicted octanol–water partition coefficient (Wildman–Crippen LogP) is 5.21. The van der Waals surface area contributed by atoms with Gasteiger partial charge in [0.05, 0.1) is 12.7 Å². The van der Waals surface area contributed by atoms with Crippen LogP contribution in [0.1, 0.15) is 105 Å². The fourth-order valence-corrected chi connectivity index (χ4v) is 10.1. The summed E-state index contributed by atoms with van der Waals surface area (Å²) < 4.78 is 11.9. The summed E-state index contributed by atoms with van der Waals surface area (Å²) in [5.41, 5.74) is 2.20. The van der Waals surface area contributed by atoms with Gasteiger partial charge in [-0.05, 0) is 97.7 Å². The molecule has 6 nitrogen and oxygen atoms in total. The lowest BCUT2D eigenvalue weighted by Gasteiger charge is -2.58. The van der Waals surface area contributed by atoms with Crippen LogP contribution < -0.4 is 0 Å². The SMILES string of the molecule is CC(C)CCC[C@@H](C)[C@H]1CC[C@H]2[C@@H]3CC=C4C[C@@H](O[C@@H]5O[C@H](CO)[C@H](O)[C@H](O)[C@H]5O)CC[C@]4(C)[C@H]3CC[C@]12C. The summed E-state index contributed by atoms with van der Waals surface area (Å²) >= 11 is 0. The Morgan fingerprint density at radius 1 is 0.949 bits per heavy atom. The van der Waals surface area contributed by atoms with Crippen LogP contribution in [0.3, 0.4) is 0 Å². The quantitative estimate of drug-likeness (QED) is 0.311. The fraction of sp³-hybridized carbons (Fsp3) is 0.939. The fourth-order valence-electron chi connectivity index (χ4n) is 10.1. The van der Waals surface area contributed by atoms with Gasteiger partial charge in [0.1, 0.15) is 24.4 Å². The summed E-state index contributed by atoms with van der Waals surface area (Å²) in [6.45, 7) is 12.0. The van der Waals surface area contributed by atoms with E-state index in [9.17, 15) is 20.4 Å². The van der Waals surface area contributed by atoms with Crippen LogP contribution in [0.15, 0.2) is 11.6 Å². The maximum Gasteiger partial charge on any atom is 0.186 e. The van der Waals surface area contributed by atoms with Gasteiger partial charge < -0.3 is 29.9 Å². The molecule has 0 spiro atoms. The zero-order valence-electron chi connectivity index (χ0n) is 25.1. The van der Waals surface area contributed by atoms with E-state index < -0.39 is 37.3 Å². The summed E-state index contributed by atoms with van der Waals surface area (Å²) in [7, 11) is 0. The molecule has 4 fully saturated rings. The molecule has 5 rings (SSSR count). The minimum Gasteiger partial charge on any atom is -0.394 e. The average molecular weight is 549 g/mol. The van der Waals surface area contributed by atoms with Crippen LogP contribution in [-0.4, -0.2) is 63.8 Å². The van der Waals surface area contributed by atoms with Crippen LogP contribution in [0.25, 0.3) is 0 Å². The molecule has 0 aromatic carbocycles. The minimum atomic E-state index is -1.39. The molecule has 0 amide bonds. The van der Waals surface area contributed by atoms with Crippen molar-refractivity contribution in [2.75, 3.05) is 6.61 Å². The first-order valence-corrected chi connectivity index (χ1v) is 16.1. The minimum absolute atomic E-state index is 0.0984. The van der Waals surface area contributed by atoms with E-state index in [1.54, 1.807) is 0 Å². The van der Waals surface area contributed by atoms with Gasteiger partial charge in [-0.3, -0.25) is 0 Å². The Bertz CT molecular complexity index is 872. The summed E-state index contributed by atoms with van der Waals surface area (Å²) in [5.74, 6) is 4.87. The van der Waals surface area contributed by atoms with Crippen molar-refractivity contribution in [3.05, 3.63) is 11.6 Å². The number of rotatable bonds is 8. The van der Waals surface area contributed by atoms with Crippen LogP contribution in [0.4, 0.5) is 0 Å². The highest BCUT2D eigenvalue weighted by atomic mass is 16.7. The van der Waals surface area contributed by atoms with Crippen LogP contribution >= 0.6 is 0 Å². The first kappa shape index (κ1) is 30.0. The summed E-state index contributed by atoms with van der Waals surface area (Å²) in [5, 5.41) is 40.3. The number of hydrogen-bond acceptors (Lipinski definition) is 6. The molecular weight excluding hydrogens is 492 g/mol. The molecule has 4 N–H and O–H groups in total.